The van der Waals surface area contributed by atoms with Crippen LogP contribution in [0.1, 0.15) is 90.4 Å². The standard InChI is InChI=1S/C19H38NO3/c1-3-5-6-7-8-9-10-11-12-14-18(22)15-19(23)20-17(16-21)13-4-2/h17-18,21-22H,2-16H2,1H3,(H,20,23)/t17-,18-/m1/s1. The van der Waals surface area contributed by atoms with E-state index in [9.17, 15) is 9.90 Å². The molecular weight excluding hydrogens is 290 g/mol. The Bertz CT molecular complexity index is 271. The summed E-state index contributed by atoms with van der Waals surface area (Å²) in [6, 6.07) is -0.236. The summed E-state index contributed by atoms with van der Waals surface area (Å²) in [6.45, 7) is 5.87. The van der Waals surface area contributed by atoms with Crippen LogP contribution in [0.3, 0.4) is 0 Å². The molecule has 0 spiro atoms. The Morgan fingerprint density at radius 1 is 1.00 bits per heavy atom. The van der Waals surface area contributed by atoms with Crippen molar-refractivity contribution >= 4 is 5.91 Å². The van der Waals surface area contributed by atoms with Crippen LogP contribution in [0.15, 0.2) is 0 Å². The SMILES string of the molecule is [CH2]CC[C@H](CO)NC(=O)C[C@H](O)CCCCCCCCCCC. The van der Waals surface area contributed by atoms with Gasteiger partial charge in [-0.25, -0.2) is 0 Å². The fourth-order valence-corrected chi connectivity index (χ4v) is 2.75. The maximum absolute atomic E-state index is 11.8. The normalized spacial score (nSPS) is 13.7. The number of aliphatic hydroxyl groups excluding tert-OH is 2. The predicted octanol–water partition coefficient (Wildman–Crippen LogP) is 3.75. The number of unbranched alkanes of at least 4 members (excludes halogenated alkanes) is 8. The Morgan fingerprint density at radius 2 is 1.57 bits per heavy atom. The van der Waals surface area contributed by atoms with Gasteiger partial charge in [0.25, 0.3) is 0 Å². The van der Waals surface area contributed by atoms with Gasteiger partial charge in [-0.3, -0.25) is 4.79 Å². The van der Waals surface area contributed by atoms with Crippen LogP contribution in [-0.4, -0.2) is 34.9 Å². The van der Waals surface area contributed by atoms with E-state index < -0.39 is 6.10 Å². The van der Waals surface area contributed by atoms with Crippen LogP contribution >= 0.6 is 0 Å². The summed E-state index contributed by atoms with van der Waals surface area (Å²) in [6.07, 6.45) is 12.8. The van der Waals surface area contributed by atoms with Crippen molar-refractivity contribution in [2.24, 2.45) is 0 Å². The highest BCUT2D eigenvalue weighted by Gasteiger charge is 2.14. The average molecular weight is 329 g/mol. The third-order valence-corrected chi connectivity index (χ3v) is 4.20. The topological polar surface area (TPSA) is 69.6 Å². The molecule has 0 aliphatic heterocycles. The first-order valence-electron chi connectivity index (χ1n) is 9.51. The third-order valence-electron chi connectivity index (χ3n) is 4.20. The fraction of sp³-hybridized carbons (Fsp3) is 0.895. The Labute approximate surface area is 143 Å². The van der Waals surface area contributed by atoms with Gasteiger partial charge in [0.2, 0.25) is 5.91 Å². The molecule has 0 aliphatic rings. The summed E-state index contributed by atoms with van der Waals surface area (Å²) in [7, 11) is 0. The van der Waals surface area contributed by atoms with Gasteiger partial charge in [0.1, 0.15) is 0 Å². The van der Waals surface area contributed by atoms with Crippen molar-refractivity contribution in [3.05, 3.63) is 6.92 Å². The van der Waals surface area contributed by atoms with Gasteiger partial charge in [-0.1, -0.05) is 78.1 Å². The molecule has 137 valence electrons. The van der Waals surface area contributed by atoms with Gasteiger partial charge in [-0.05, 0) is 12.8 Å². The zero-order valence-corrected chi connectivity index (χ0v) is 15.1. The Hall–Kier alpha value is -0.610. The number of amides is 1. The first-order valence-corrected chi connectivity index (χ1v) is 9.51. The lowest BCUT2D eigenvalue weighted by atomic mass is 10.0. The zero-order chi connectivity index (χ0) is 17.3. The van der Waals surface area contributed by atoms with Crippen molar-refractivity contribution < 1.29 is 15.0 Å². The van der Waals surface area contributed by atoms with Crippen LogP contribution in [0, 0.1) is 6.92 Å². The summed E-state index contributed by atoms with van der Waals surface area (Å²) in [5.74, 6) is -0.180. The summed E-state index contributed by atoms with van der Waals surface area (Å²) in [5.41, 5.74) is 0. The molecule has 4 heteroatoms. The van der Waals surface area contributed by atoms with Gasteiger partial charge in [0, 0.05) is 0 Å². The first-order chi connectivity index (χ1) is 11.1. The molecule has 0 aromatic heterocycles. The van der Waals surface area contributed by atoms with Crippen molar-refractivity contribution in [3.63, 3.8) is 0 Å². The van der Waals surface area contributed by atoms with Crippen LogP contribution in [0.25, 0.3) is 0 Å². The zero-order valence-electron chi connectivity index (χ0n) is 15.1. The van der Waals surface area contributed by atoms with Crippen LogP contribution in [0.5, 0.6) is 0 Å². The molecule has 0 aromatic rings. The molecule has 0 heterocycles. The average Bonchev–Trinajstić information content (AvgIpc) is 2.52. The lowest BCUT2D eigenvalue weighted by molar-refractivity contribution is -0.124. The quantitative estimate of drug-likeness (QED) is 0.378. The number of carbonyl (C=O) groups is 1. The van der Waals surface area contributed by atoms with Crippen LogP contribution in [-0.2, 0) is 4.79 Å². The fourth-order valence-electron chi connectivity index (χ4n) is 2.75. The molecular formula is C19H38NO3. The molecule has 2 atom stereocenters. The Morgan fingerprint density at radius 3 is 2.09 bits per heavy atom. The predicted molar refractivity (Wildman–Crippen MR) is 96.1 cm³/mol. The molecule has 0 unspecified atom stereocenters. The molecule has 0 aliphatic carbocycles. The largest absolute Gasteiger partial charge is 0.394 e. The summed E-state index contributed by atoms with van der Waals surface area (Å²) >= 11 is 0. The summed E-state index contributed by atoms with van der Waals surface area (Å²) in [4.78, 5) is 11.8. The van der Waals surface area contributed by atoms with E-state index in [0.717, 1.165) is 12.8 Å². The Kier molecular flexibility index (Phi) is 15.8. The van der Waals surface area contributed by atoms with Crippen LogP contribution in [0.2, 0.25) is 0 Å². The molecule has 0 saturated heterocycles. The Balaban J connectivity index is 3.52. The van der Waals surface area contributed by atoms with Gasteiger partial charge in [-0.2, -0.15) is 0 Å². The summed E-state index contributed by atoms with van der Waals surface area (Å²) in [5, 5.41) is 21.8. The number of hydrogen-bond acceptors (Lipinski definition) is 3. The molecule has 23 heavy (non-hydrogen) atoms. The lowest BCUT2D eigenvalue weighted by Crippen LogP contribution is -2.38. The number of aliphatic hydroxyl groups is 2. The second-order valence-electron chi connectivity index (χ2n) is 6.56. The molecule has 4 nitrogen and oxygen atoms in total. The number of nitrogens with one attached hydrogen (secondary N) is 1. The van der Waals surface area contributed by atoms with Gasteiger partial charge < -0.3 is 15.5 Å². The van der Waals surface area contributed by atoms with E-state index in [1.54, 1.807) is 0 Å². The minimum Gasteiger partial charge on any atom is -0.394 e. The molecule has 1 radical (unpaired) electrons. The minimum atomic E-state index is -0.571. The maximum Gasteiger partial charge on any atom is 0.222 e. The van der Waals surface area contributed by atoms with Crippen LogP contribution in [0.4, 0.5) is 0 Å². The van der Waals surface area contributed by atoms with E-state index in [0.29, 0.717) is 19.3 Å². The highest BCUT2D eigenvalue weighted by molar-refractivity contribution is 5.76. The first kappa shape index (κ1) is 22.4. The van der Waals surface area contributed by atoms with Crippen molar-refractivity contribution in [1.29, 1.82) is 0 Å². The molecule has 0 fully saturated rings. The van der Waals surface area contributed by atoms with E-state index in [2.05, 4.69) is 19.2 Å². The number of hydrogen-bond donors (Lipinski definition) is 3. The number of rotatable bonds is 16. The van der Waals surface area contributed by atoms with Crippen molar-refractivity contribution in [3.8, 4) is 0 Å². The lowest BCUT2D eigenvalue weighted by Gasteiger charge is -2.17. The van der Waals surface area contributed by atoms with E-state index in [4.69, 9.17) is 5.11 Å². The third kappa shape index (κ3) is 14.7. The van der Waals surface area contributed by atoms with Gasteiger partial charge in [0.05, 0.1) is 25.2 Å². The van der Waals surface area contributed by atoms with E-state index in [1.807, 2.05) is 0 Å². The highest BCUT2D eigenvalue weighted by atomic mass is 16.3. The number of carbonyl (C=O) groups excluding carboxylic acids is 1. The second-order valence-corrected chi connectivity index (χ2v) is 6.56. The van der Waals surface area contributed by atoms with E-state index >= 15 is 0 Å². The molecule has 0 aromatic carbocycles. The van der Waals surface area contributed by atoms with Crippen molar-refractivity contribution in [2.75, 3.05) is 6.61 Å². The smallest absolute Gasteiger partial charge is 0.222 e. The van der Waals surface area contributed by atoms with E-state index in [-0.39, 0.29) is 25.0 Å². The molecule has 3 N–H and O–H groups in total. The minimum absolute atomic E-state index is 0.0738. The van der Waals surface area contributed by atoms with Crippen molar-refractivity contribution in [2.45, 2.75) is 103 Å². The summed E-state index contributed by atoms with van der Waals surface area (Å²) < 4.78 is 0. The van der Waals surface area contributed by atoms with Gasteiger partial charge >= 0.3 is 0 Å². The molecule has 0 rings (SSSR count). The van der Waals surface area contributed by atoms with Gasteiger partial charge in [-0.15, -0.1) is 0 Å². The maximum atomic E-state index is 11.8. The van der Waals surface area contributed by atoms with E-state index in [1.165, 1.54) is 44.9 Å². The van der Waals surface area contributed by atoms with Gasteiger partial charge in [0.15, 0.2) is 0 Å². The van der Waals surface area contributed by atoms with Crippen LogP contribution < -0.4 is 5.32 Å². The van der Waals surface area contributed by atoms with Crippen molar-refractivity contribution in [1.82, 2.24) is 5.32 Å². The highest BCUT2D eigenvalue weighted by Crippen LogP contribution is 2.12. The second kappa shape index (κ2) is 16.3. The molecule has 1 amide bonds. The molecule has 0 bridgehead atoms. The molecule has 0 saturated carbocycles. The monoisotopic (exact) mass is 328 g/mol.